The molecule has 3 heteroatoms. The number of benzene rings is 1. The average molecular weight is 262 g/mol. The summed E-state index contributed by atoms with van der Waals surface area (Å²) < 4.78 is 0. The van der Waals surface area contributed by atoms with Crippen molar-refractivity contribution in [3.63, 3.8) is 0 Å². The van der Waals surface area contributed by atoms with Gasteiger partial charge in [0.1, 0.15) is 0 Å². The highest BCUT2D eigenvalue weighted by Crippen LogP contribution is 2.12. The van der Waals surface area contributed by atoms with Crippen LogP contribution in [0.1, 0.15) is 55.5 Å². The lowest BCUT2D eigenvalue weighted by molar-refractivity contribution is 0.0999. The van der Waals surface area contributed by atoms with Crippen LogP contribution in [0.5, 0.6) is 0 Å². The number of rotatable bonds is 9. The number of nitrogens with two attached hydrogens (primary N) is 1. The summed E-state index contributed by atoms with van der Waals surface area (Å²) in [4.78, 5) is 11.3. The molecule has 0 fully saturated rings. The third kappa shape index (κ3) is 5.43. The summed E-state index contributed by atoms with van der Waals surface area (Å²) in [6.07, 6.45) is 5.01. The maximum Gasteiger partial charge on any atom is 0.249 e. The Hall–Kier alpha value is -1.35. The Kier molecular flexibility index (Phi) is 7.19. The Morgan fingerprint density at radius 1 is 1.32 bits per heavy atom. The highest BCUT2D eigenvalue weighted by atomic mass is 16.1. The molecule has 0 saturated carbocycles. The number of carbonyl (C=O) groups excluding carboxylic acids is 1. The fourth-order valence-electron chi connectivity index (χ4n) is 2.27. The fraction of sp³-hybridized carbons (Fsp3) is 0.562. The van der Waals surface area contributed by atoms with Crippen LogP contribution in [0.15, 0.2) is 24.3 Å². The predicted octanol–water partition coefficient (Wildman–Crippen LogP) is 3.09. The minimum Gasteiger partial charge on any atom is -0.366 e. The van der Waals surface area contributed by atoms with Crippen LogP contribution < -0.4 is 11.1 Å². The number of amides is 1. The molecule has 0 aliphatic heterocycles. The first-order chi connectivity index (χ1) is 9.19. The van der Waals surface area contributed by atoms with E-state index >= 15 is 0 Å². The molecule has 1 rings (SSSR count). The van der Waals surface area contributed by atoms with Gasteiger partial charge in [-0.15, -0.1) is 0 Å². The maximum absolute atomic E-state index is 11.3. The van der Waals surface area contributed by atoms with Gasteiger partial charge in [-0.3, -0.25) is 4.79 Å². The van der Waals surface area contributed by atoms with E-state index in [-0.39, 0.29) is 5.91 Å². The molecule has 0 aliphatic carbocycles. The highest BCUT2D eigenvalue weighted by Gasteiger charge is 2.08. The minimum atomic E-state index is -0.351. The van der Waals surface area contributed by atoms with Gasteiger partial charge in [-0.1, -0.05) is 51.3 Å². The molecule has 1 atom stereocenters. The summed E-state index contributed by atoms with van der Waals surface area (Å²) in [6, 6.07) is 7.53. The highest BCUT2D eigenvalue weighted by molar-refractivity contribution is 5.94. The monoisotopic (exact) mass is 262 g/mol. The molecule has 19 heavy (non-hydrogen) atoms. The van der Waals surface area contributed by atoms with E-state index in [4.69, 9.17) is 5.73 Å². The van der Waals surface area contributed by atoms with Gasteiger partial charge in [0.25, 0.3) is 0 Å². The first-order valence-corrected chi connectivity index (χ1v) is 7.27. The molecule has 0 heterocycles. The molecular formula is C16H26N2O. The van der Waals surface area contributed by atoms with Gasteiger partial charge in [0.05, 0.1) is 0 Å². The van der Waals surface area contributed by atoms with Gasteiger partial charge in [0.2, 0.25) is 5.91 Å². The van der Waals surface area contributed by atoms with Gasteiger partial charge in [0.15, 0.2) is 0 Å². The van der Waals surface area contributed by atoms with E-state index in [0.717, 1.165) is 18.0 Å². The van der Waals surface area contributed by atoms with Crippen molar-refractivity contribution in [2.75, 3.05) is 6.54 Å². The number of hydrogen-bond donors (Lipinski definition) is 2. The lowest BCUT2D eigenvalue weighted by Crippen LogP contribution is -2.24. The van der Waals surface area contributed by atoms with Crippen LogP contribution in [0.25, 0.3) is 0 Å². The molecule has 1 aromatic rings. The smallest absolute Gasteiger partial charge is 0.249 e. The first-order valence-electron chi connectivity index (χ1n) is 7.27. The van der Waals surface area contributed by atoms with Gasteiger partial charge in [-0.25, -0.2) is 0 Å². The number of nitrogens with one attached hydrogen (secondary N) is 1. The number of unbranched alkanes of at least 4 members (excludes halogenated alkanes) is 1. The molecule has 0 radical (unpaired) electrons. The van der Waals surface area contributed by atoms with E-state index in [0.29, 0.717) is 12.1 Å². The second-order valence-electron chi connectivity index (χ2n) is 5.07. The van der Waals surface area contributed by atoms with Gasteiger partial charge in [0, 0.05) is 12.1 Å². The van der Waals surface area contributed by atoms with Gasteiger partial charge in [-0.05, 0) is 30.5 Å². The van der Waals surface area contributed by atoms with Crippen LogP contribution >= 0.6 is 0 Å². The molecule has 1 aromatic carbocycles. The second-order valence-corrected chi connectivity index (χ2v) is 5.07. The minimum absolute atomic E-state index is 0.351. The first kappa shape index (κ1) is 15.7. The Labute approximate surface area is 116 Å². The summed E-state index contributed by atoms with van der Waals surface area (Å²) in [5, 5.41) is 3.45. The third-order valence-corrected chi connectivity index (χ3v) is 3.57. The molecule has 0 bridgehead atoms. The Morgan fingerprint density at radius 2 is 2.05 bits per heavy atom. The van der Waals surface area contributed by atoms with E-state index < -0.39 is 0 Å². The van der Waals surface area contributed by atoms with Crippen molar-refractivity contribution in [3.05, 3.63) is 35.4 Å². The van der Waals surface area contributed by atoms with E-state index in [2.05, 4.69) is 19.2 Å². The van der Waals surface area contributed by atoms with E-state index in [9.17, 15) is 4.79 Å². The van der Waals surface area contributed by atoms with Crippen molar-refractivity contribution in [1.29, 1.82) is 0 Å². The van der Waals surface area contributed by atoms with Crippen LogP contribution in [-0.4, -0.2) is 12.5 Å². The van der Waals surface area contributed by atoms with E-state index in [1.807, 2.05) is 18.2 Å². The van der Waals surface area contributed by atoms with Crippen LogP contribution in [0.4, 0.5) is 0 Å². The molecule has 1 unspecified atom stereocenters. The predicted molar refractivity (Wildman–Crippen MR) is 80.0 cm³/mol. The zero-order valence-electron chi connectivity index (χ0n) is 12.1. The Morgan fingerprint density at radius 3 is 2.68 bits per heavy atom. The molecule has 0 spiro atoms. The molecule has 3 N–H and O–H groups in total. The van der Waals surface area contributed by atoms with Crippen molar-refractivity contribution in [2.24, 2.45) is 11.7 Å². The second kappa shape index (κ2) is 8.70. The largest absolute Gasteiger partial charge is 0.366 e. The SMILES string of the molecule is CCCCC(CC)CNCc1ccccc1C(N)=O. The molecule has 1 amide bonds. The lowest BCUT2D eigenvalue weighted by atomic mass is 9.99. The number of carbonyl (C=O) groups is 1. The van der Waals surface area contributed by atoms with Crippen molar-refractivity contribution in [2.45, 2.75) is 46.1 Å². The third-order valence-electron chi connectivity index (χ3n) is 3.57. The molecule has 0 saturated heterocycles. The average Bonchev–Trinajstić information content (AvgIpc) is 2.43. The van der Waals surface area contributed by atoms with Crippen molar-refractivity contribution >= 4 is 5.91 Å². The van der Waals surface area contributed by atoms with Gasteiger partial charge >= 0.3 is 0 Å². The van der Waals surface area contributed by atoms with Crippen LogP contribution in [0.3, 0.4) is 0 Å². The van der Waals surface area contributed by atoms with Crippen molar-refractivity contribution in [3.8, 4) is 0 Å². The standard InChI is InChI=1S/C16H26N2O/c1-3-5-8-13(4-2)11-18-12-14-9-6-7-10-15(14)16(17)19/h6-7,9-10,13,18H,3-5,8,11-12H2,1-2H3,(H2,17,19). The topological polar surface area (TPSA) is 55.1 Å². The quantitative estimate of drug-likeness (QED) is 0.718. The van der Waals surface area contributed by atoms with Crippen LogP contribution in [0, 0.1) is 5.92 Å². The van der Waals surface area contributed by atoms with Crippen LogP contribution in [0.2, 0.25) is 0 Å². The maximum atomic E-state index is 11.3. The molecule has 3 nitrogen and oxygen atoms in total. The zero-order chi connectivity index (χ0) is 14.1. The summed E-state index contributed by atoms with van der Waals surface area (Å²) in [6.45, 7) is 6.17. The van der Waals surface area contributed by atoms with Crippen molar-refractivity contribution in [1.82, 2.24) is 5.32 Å². The summed E-state index contributed by atoms with van der Waals surface area (Å²) in [5.74, 6) is 0.371. The molecule has 106 valence electrons. The molecule has 0 aliphatic rings. The summed E-state index contributed by atoms with van der Waals surface area (Å²) in [7, 11) is 0. The van der Waals surface area contributed by atoms with Crippen molar-refractivity contribution < 1.29 is 4.79 Å². The fourth-order valence-corrected chi connectivity index (χ4v) is 2.27. The van der Waals surface area contributed by atoms with Crippen LogP contribution in [-0.2, 0) is 6.54 Å². The zero-order valence-corrected chi connectivity index (χ0v) is 12.1. The summed E-state index contributed by atoms with van der Waals surface area (Å²) >= 11 is 0. The molecular weight excluding hydrogens is 236 g/mol. The molecule has 0 aromatic heterocycles. The Bertz CT molecular complexity index is 390. The van der Waals surface area contributed by atoms with E-state index in [1.54, 1.807) is 6.07 Å². The Balaban J connectivity index is 2.46. The summed E-state index contributed by atoms with van der Waals surface area (Å²) in [5.41, 5.74) is 6.98. The van der Waals surface area contributed by atoms with E-state index in [1.165, 1.54) is 25.7 Å². The van der Waals surface area contributed by atoms with Gasteiger partial charge < -0.3 is 11.1 Å². The van der Waals surface area contributed by atoms with Gasteiger partial charge in [-0.2, -0.15) is 0 Å². The number of hydrogen-bond acceptors (Lipinski definition) is 2. The lowest BCUT2D eigenvalue weighted by Gasteiger charge is -2.16. The normalized spacial score (nSPS) is 12.3. The number of primary amides is 1.